The third-order valence-corrected chi connectivity index (χ3v) is 5.45. The summed E-state index contributed by atoms with van der Waals surface area (Å²) in [5.74, 6) is 1.56. The minimum atomic E-state index is 0.630. The molecule has 31 heavy (non-hydrogen) atoms. The van der Waals surface area contributed by atoms with Crippen molar-refractivity contribution in [3.63, 3.8) is 0 Å². The smallest absolute Gasteiger partial charge is 0.161 e. The van der Waals surface area contributed by atoms with Crippen molar-refractivity contribution >= 4 is 22.1 Å². The fraction of sp³-hybridized carbons (Fsp3) is 0.0909. The molecule has 150 valence electrons. The van der Waals surface area contributed by atoms with E-state index in [1.165, 1.54) is 0 Å². The molecule has 0 aliphatic heterocycles. The van der Waals surface area contributed by atoms with Gasteiger partial charge in [-0.2, -0.15) is 5.10 Å². The highest BCUT2D eigenvalue weighted by Crippen LogP contribution is 2.30. The maximum Gasteiger partial charge on any atom is 0.161 e. The number of imidazole rings is 2. The zero-order chi connectivity index (χ0) is 20.9. The fourth-order valence-corrected chi connectivity index (χ4v) is 3.71. The zero-order valence-corrected chi connectivity index (χ0v) is 16.8. The molecule has 6 heterocycles. The fourth-order valence-electron chi connectivity index (χ4n) is 3.71. The van der Waals surface area contributed by atoms with Crippen molar-refractivity contribution in [3.05, 3.63) is 60.9 Å². The molecule has 0 atom stereocenters. The summed E-state index contributed by atoms with van der Waals surface area (Å²) in [6.07, 6.45) is 7.11. The SMILES string of the molecule is Cc1ncc(-c2ccc3[nH]nc(-c4nc5c(-c6cccnc6)nccc5[nH]4)c3n2)n1C. The maximum absolute atomic E-state index is 4.87. The van der Waals surface area contributed by atoms with Crippen LogP contribution in [0.3, 0.4) is 0 Å². The number of hydrogen-bond acceptors (Lipinski definition) is 6. The summed E-state index contributed by atoms with van der Waals surface area (Å²) in [5.41, 5.74) is 7.32. The first-order valence-electron chi connectivity index (χ1n) is 9.78. The molecule has 2 N–H and O–H groups in total. The third kappa shape index (κ3) is 2.71. The molecule has 0 amide bonds. The Morgan fingerprint density at radius 2 is 1.77 bits per heavy atom. The van der Waals surface area contributed by atoms with Crippen molar-refractivity contribution in [2.24, 2.45) is 7.05 Å². The molecule has 0 bridgehead atoms. The third-order valence-electron chi connectivity index (χ3n) is 5.45. The molecule has 0 aliphatic carbocycles. The summed E-state index contributed by atoms with van der Waals surface area (Å²) in [4.78, 5) is 26.2. The monoisotopic (exact) mass is 407 g/mol. The Balaban J connectivity index is 1.52. The Bertz CT molecular complexity index is 1560. The van der Waals surface area contributed by atoms with Crippen LogP contribution in [0.1, 0.15) is 5.82 Å². The summed E-state index contributed by atoms with van der Waals surface area (Å²) < 4.78 is 2.01. The molecule has 6 rings (SSSR count). The van der Waals surface area contributed by atoms with Crippen LogP contribution in [0.5, 0.6) is 0 Å². The van der Waals surface area contributed by atoms with Crippen LogP contribution < -0.4 is 0 Å². The first-order valence-corrected chi connectivity index (χ1v) is 9.78. The van der Waals surface area contributed by atoms with Crippen LogP contribution in [-0.2, 0) is 7.05 Å². The second kappa shape index (κ2) is 6.56. The predicted octanol–water partition coefficient (Wildman–Crippen LogP) is 3.67. The Hall–Kier alpha value is -4.40. The molecule has 6 aromatic rings. The van der Waals surface area contributed by atoms with E-state index in [0.717, 1.165) is 50.5 Å². The standard InChI is InChI=1S/C22H17N9/c1-12-25-11-17(31(12)2)14-5-6-16-20(26-14)21(30-29-16)22-27-15-7-9-24-18(19(15)28-22)13-4-3-8-23-10-13/h3-11H,1-2H3,(H,27,28)(H,29,30). The van der Waals surface area contributed by atoms with Gasteiger partial charge in [-0.1, -0.05) is 0 Å². The molecule has 6 aromatic heterocycles. The van der Waals surface area contributed by atoms with Gasteiger partial charge in [0, 0.05) is 31.2 Å². The second-order valence-electron chi connectivity index (χ2n) is 7.30. The molecule has 0 saturated carbocycles. The Morgan fingerprint density at radius 1 is 0.871 bits per heavy atom. The van der Waals surface area contributed by atoms with Gasteiger partial charge in [0.1, 0.15) is 16.9 Å². The first kappa shape index (κ1) is 17.5. The van der Waals surface area contributed by atoms with Gasteiger partial charge in [0.25, 0.3) is 0 Å². The maximum atomic E-state index is 4.87. The van der Waals surface area contributed by atoms with E-state index in [2.05, 4.69) is 30.1 Å². The van der Waals surface area contributed by atoms with Crippen molar-refractivity contribution in [2.75, 3.05) is 0 Å². The number of aromatic amines is 2. The van der Waals surface area contributed by atoms with E-state index in [0.29, 0.717) is 11.5 Å². The highest BCUT2D eigenvalue weighted by atomic mass is 15.2. The van der Waals surface area contributed by atoms with Crippen LogP contribution in [0.2, 0.25) is 0 Å². The van der Waals surface area contributed by atoms with Crippen molar-refractivity contribution in [1.29, 1.82) is 0 Å². The van der Waals surface area contributed by atoms with Gasteiger partial charge in [-0.25, -0.2) is 15.0 Å². The van der Waals surface area contributed by atoms with Crippen LogP contribution in [0.15, 0.2) is 55.1 Å². The van der Waals surface area contributed by atoms with Crippen LogP contribution in [0.4, 0.5) is 0 Å². The van der Waals surface area contributed by atoms with Crippen molar-refractivity contribution in [2.45, 2.75) is 6.92 Å². The average molecular weight is 407 g/mol. The summed E-state index contributed by atoms with van der Waals surface area (Å²) in [6, 6.07) is 9.69. The number of aryl methyl sites for hydroxylation is 1. The lowest BCUT2D eigenvalue weighted by Gasteiger charge is -2.03. The van der Waals surface area contributed by atoms with Crippen LogP contribution >= 0.6 is 0 Å². The molecule has 0 radical (unpaired) electrons. The molecule has 9 heteroatoms. The van der Waals surface area contributed by atoms with Crippen molar-refractivity contribution in [3.8, 4) is 34.2 Å². The molecule has 0 spiro atoms. The van der Waals surface area contributed by atoms with Crippen LogP contribution in [0.25, 0.3) is 56.2 Å². The van der Waals surface area contributed by atoms with Crippen molar-refractivity contribution < 1.29 is 0 Å². The van der Waals surface area contributed by atoms with E-state index in [-0.39, 0.29) is 0 Å². The normalized spacial score (nSPS) is 11.5. The van der Waals surface area contributed by atoms with Crippen molar-refractivity contribution in [1.82, 2.24) is 44.7 Å². The number of H-pyrrole nitrogens is 2. The number of fused-ring (bicyclic) bond motifs is 2. The molecule has 0 fully saturated rings. The lowest BCUT2D eigenvalue weighted by atomic mass is 10.1. The highest BCUT2D eigenvalue weighted by molar-refractivity contribution is 5.94. The van der Waals surface area contributed by atoms with Gasteiger partial charge in [-0.05, 0) is 37.3 Å². The van der Waals surface area contributed by atoms with E-state index in [1.807, 2.05) is 55.1 Å². The molecular weight excluding hydrogens is 390 g/mol. The summed E-state index contributed by atoms with van der Waals surface area (Å²) in [7, 11) is 1.98. The van der Waals surface area contributed by atoms with Gasteiger partial charge in [0.05, 0.1) is 34.3 Å². The quantitative estimate of drug-likeness (QED) is 0.463. The lowest BCUT2D eigenvalue weighted by molar-refractivity contribution is 0.862. The van der Waals surface area contributed by atoms with Crippen LogP contribution in [0, 0.1) is 6.92 Å². The number of rotatable bonds is 3. The average Bonchev–Trinajstić information content (AvgIpc) is 3.50. The van der Waals surface area contributed by atoms with Gasteiger partial charge >= 0.3 is 0 Å². The van der Waals surface area contributed by atoms with Gasteiger partial charge in [-0.3, -0.25) is 15.1 Å². The molecule has 0 aliphatic rings. The lowest BCUT2D eigenvalue weighted by Crippen LogP contribution is -1.96. The molecule has 0 unspecified atom stereocenters. The zero-order valence-electron chi connectivity index (χ0n) is 16.8. The van der Waals surface area contributed by atoms with Gasteiger partial charge < -0.3 is 9.55 Å². The predicted molar refractivity (Wildman–Crippen MR) is 117 cm³/mol. The second-order valence-corrected chi connectivity index (χ2v) is 7.30. The highest BCUT2D eigenvalue weighted by Gasteiger charge is 2.18. The topological polar surface area (TPSA) is 114 Å². The van der Waals surface area contributed by atoms with Crippen LogP contribution in [-0.4, -0.2) is 44.7 Å². The number of pyridine rings is 3. The number of nitrogens with one attached hydrogen (secondary N) is 2. The Morgan fingerprint density at radius 3 is 2.58 bits per heavy atom. The largest absolute Gasteiger partial charge is 0.336 e. The molecular formula is C22H17N9. The van der Waals surface area contributed by atoms with E-state index < -0.39 is 0 Å². The van der Waals surface area contributed by atoms with E-state index >= 15 is 0 Å². The molecule has 9 nitrogen and oxygen atoms in total. The van der Waals surface area contributed by atoms with E-state index in [9.17, 15) is 0 Å². The van der Waals surface area contributed by atoms with E-state index in [4.69, 9.17) is 9.97 Å². The number of aromatic nitrogens is 9. The first-order chi connectivity index (χ1) is 15.2. The molecule has 0 saturated heterocycles. The minimum absolute atomic E-state index is 0.630. The summed E-state index contributed by atoms with van der Waals surface area (Å²) >= 11 is 0. The van der Waals surface area contributed by atoms with E-state index in [1.54, 1.807) is 18.6 Å². The number of nitrogens with zero attached hydrogens (tertiary/aromatic N) is 7. The minimum Gasteiger partial charge on any atom is -0.336 e. The Labute approximate surface area is 176 Å². The Kier molecular flexibility index (Phi) is 3.69. The number of hydrogen-bond donors (Lipinski definition) is 2. The van der Waals surface area contributed by atoms with Gasteiger partial charge in [-0.15, -0.1) is 0 Å². The summed E-state index contributed by atoms with van der Waals surface area (Å²) in [5, 5.41) is 7.54. The van der Waals surface area contributed by atoms with Gasteiger partial charge in [0.15, 0.2) is 11.5 Å². The summed E-state index contributed by atoms with van der Waals surface area (Å²) in [6.45, 7) is 1.97. The molecule has 0 aromatic carbocycles. The van der Waals surface area contributed by atoms with Gasteiger partial charge in [0.2, 0.25) is 0 Å².